The van der Waals surface area contributed by atoms with Crippen LogP contribution in [0, 0.1) is 22.9 Å². The van der Waals surface area contributed by atoms with E-state index in [1.165, 1.54) is 18.2 Å². The van der Waals surface area contributed by atoms with Crippen molar-refractivity contribution >= 4 is 5.69 Å². The molecule has 0 spiro atoms. The molecule has 1 unspecified atom stereocenters. The van der Waals surface area contributed by atoms with Crippen LogP contribution in [0.2, 0.25) is 0 Å². The minimum absolute atomic E-state index is 0.00361. The summed E-state index contributed by atoms with van der Waals surface area (Å²) in [6.45, 7) is 3.44. The fourth-order valence-electron chi connectivity index (χ4n) is 1.91. The zero-order valence-corrected chi connectivity index (χ0v) is 11.7. The Morgan fingerprint density at radius 2 is 2.05 bits per heavy atom. The van der Waals surface area contributed by atoms with Crippen LogP contribution in [0.15, 0.2) is 36.4 Å². The Kier molecular flexibility index (Phi) is 4.18. The first-order chi connectivity index (χ1) is 9.90. The first-order valence-electron chi connectivity index (χ1n) is 6.37. The molecule has 0 amide bonds. The van der Waals surface area contributed by atoms with Crippen molar-refractivity contribution < 1.29 is 14.1 Å². The second kappa shape index (κ2) is 5.88. The summed E-state index contributed by atoms with van der Waals surface area (Å²) in [5, 5.41) is 10.8. The van der Waals surface area contributed by atoms with Gasteiger partial charge in [-0.1, -0.05) is 12.1 Å². The Morgan fingerprint density at radius 3 is 2.67 bits per heavy atom. The number of aryl methyl sites for hydroxylation is 1. The van der Waals surface area contributed by atoms with Crippen LogP contribution >= 0.6 is 0 Å². The van der Waals surface area contributed by atoms with E-state index in [1.807, 2.05) is 0 Å². The number of nitrogens with zero attached hydrogens (tertiary/aromatic N) is 1. The predicted molar refractivity (Wildman–Crippen MR) is 76.9 cm³/mol. The molecule has 0 saturated heterocycles. The van der Waals surface area contributed by atoms with E-state index >= 15 is 0 Å². The summed E-state index contributed by atoms with van der Waals surface area (Å²) in [4.78, 5) is 10.3. The number of nitro benzene ring substituents is 1. The van der Waals surface area contributed by atoms with Crippen LogP contribution in [0.4, 0.5) is 10.1 Å². The van der Waals surface area contributed by atoms with Crippen molar-refractivity contribution in [1.82, 2.24) is 0 Å². The zero-order valence-electron chi connectivity index (χ0n) is 11.7. The minimum Gasteiger partial charge on any atom is -0.453 e. The fourth-order valence-corrected chi connectivity index (χ4v) is 1.91. The molecule has 2 aromatic carbocycles. The van der Waals surface area contributed by atoms with Gasteiger partial charge in [0.25, 0.3) is 5.69 Å². The van der Waals surface area contributed by atoms with Gasteiger partial charge in [0.2, 0.25) is 0 Å². The van der Waals surface area contributed by atoms with Gasteiger partial charge in [-0.3, -0.25) is 10.1 Å². The molecule has 0 bridgehead atoms. The second-order valence-electron chi connectivity index (χ2n) is 4.76. The molecule has 0 aromatic heterocycles. The lowest BCUT2D eigenvalue weighted by Gasteiger charge is -2.15. The van der Waals surface area contributed by atoms with E-state index in [9.17, 15) is 14.5 Å². The quantitative estimate of drug-likeness (QED) is 0.685. The van der Waals surface area contributed by atoms with Crippen molar-refractivity contribution in [3.8, 4) is 11.5 Å². The van der Waals surface area contributed by atoms with Crippen LogP contribution in [0.25, 0.3) is 0 Å². The van der Waals surface area contributed by atoms with Gasteiger partial charge in [-0.2, -0.15) is 0 Å². The third kappa shape index (κ3) is 3.17. The first kappa shape index (κ1) is 14.9. The van der Waals surface area contributed by atoms with Crippen molar-refractivity contribution in [1.29, 1.82) is 0 Å². The lowest BCUT2D eigenvalue weighted by Crippen LogP contribution is -2.08. The van der Waals surface area contributed by atoms with Crippen LogP contribution in [-0.2, 0) is 0 Å². The molecule has 0 radical (unpaired) electrons. The van der Waals surface area contributed by atoms with Gasteiger partial charge in [0.05, 0.1) is 11.0 Å². The Bertz CT molecular complexity index is 687. The van der Waals surface area contributed by atoms with Crippen LogP contribution in [0.1, 0.15) is 24.1 Å². The number of benzene rings is 2. The Hall–Kier alpha value is -2.47. The molecule has 6 heteroatoms. The highest BCUT2D eigenvalue weighted by Crippen LogP contribution is 2.34. The Balaban J connectivity index is 2.47. The van der Waals surface area contributed by atoms with Gasteiger partial charge in [0.15, 0.2) is 11.6 Å². The van der Waals surface area contributed by atoms with E-state index in [2.05, 4.69) is 0 Å². The van der Waals surface area contributed by atoms with Gasteiger partial charge in [-0.25, -0.2) is 4.39 Å². The smallest absolute Gasteiger partial charge is 0.273 e. The van der Waals surface area contributed by atoms with E-state index in [0.29, 0.717) is 11.1 Å². The molecule has 5 nitrogen and oxygen atoms in total. The average Bonchev–Trinajstić information content (AvgIpc) is 2.42. The summed E-state index contributed by atoms with van der Waals surface area (Å²) >= 11 is 0. The summed E-state index contributed by atoms with van der Waals surface area (Å²) in [7, 11) is 0. The number of hydrogen-bond donors (Lipinski definition) is 1. The number of para-hydroxylation sites is 1. The van der Waals surface area contributed by atoms with Crippen LogP contribution in [-0.4, -0.2) is 4.92 Å². The number of rotatable bonds is 4. The number of ether oxygens (including phenoxy) is 1. The molecule has 0 saturated carbocycles. The molecule has 2 N–H and O–H groups in total. The molecule has 0 aliphatic carbocycles. The van der Waals surface area contributed by atoms with Gasteiger partial charge in [-0.15, -0.1) is 0 Å². The lowest BCUT2D eigenvalue weighted by atomic mass is 10.1. The van der Waals surface area contributed by atoms with Crippen LogP contribution in [0.3, 0.4) is 0 Å². The maximum atomic E-state index is 14.0. The maximum absolute atomic E-state index is 14.0. The van der Waals surface area contributed by atoms with E-state index in [1.54, 1.807) is 32.0 Å². The molecule has 0 fully saturated rings. The largest absolute Gasteiger partial charge is 0.453 e. The molecular weight excluding hydrogens is 275 g/mol. The molecule has 0 aliphatic heterocycles. The Morgan fingerprint density at radius 1 is 1.33 bits per heavy atom. The number of nitrogens with two attached hydrogens (primary N) is 1. The molecule has 0 heterocycles. The fraction of sp³-hybridized carbons (Fsp3) is 0.200. The molecule has 21 heavy (non-hydrogen) atoms. The summed E-state index contributed by atoms with van der Waals surface area (Å²) in [5.74, 6) is -0.331. The van der Waals surface area contributed by atoms with E-state index in [-0.39, 0.29) is 17.2 Å². The molecule has 2 rings (SSSR count). The Labute approximate surface area is 121 Å². The van der Waals surface area contributed by atoms with Gasteiger partial charge in [0.1, 0.15) is 5.75 Å². The van der Waals surface area contributed by atoms with Gasteiger partial charge in [-0.05, 0) is 31.5 Å². The van der Waals surface area contributed by atoms with Crippen molar-refractivity contribution in [3.63, 3.8) is 0 Å². The number of non-ortho nitro benzene ring substituents is 1. The molecule has 2 aromatic rings. The maximum Gasteiger partial charge on any atom is 0.273 e. The number of halogens is 1. The van der Waals surface area contributed by atoms with E-state index in [4.69, 9.17) is 10.5 Å². The molecule has 0 aliphatic rings. The third-order valence-electron chi connectivity index (χ3n) is 3.08. The number of nitro groups is 1. The van der Waals surface area contributed by atoms with Gasteiger partial charge < -0.3 is 10.5 Å². The lowest BCUT2D eigenvalue weighted by molar-refractivity contribution is -0.384. The third-order valence-corrected chi connectivity index (χ3v) is 3.08. The topological polar surface area (TPSA) is 78.4 Å². The minimum atomic E-state index is -0.560. The van der Waals surface area contributed by atoms with Crippen molar-refractivity contribution in [2.24, 2.45) is 5.73 Å². The van der Waals surface area contributed by atoms with Gasteiger partial charge in [0, 0.05) is 17.7 Å². The normalized spacial score (nSPS) is 12.0. The van der Waals surface area contributed by atoms with E-state index < -0.39 is 16.8 Å². The van der Waals surface area contributed by atoms with Crippen molar-refractivity contribution in [3.05, 3.63) is 63.5 Å². The van der Waals surface area contributed by atoms with Crippen molar-refractivity contribution in [2.45, 2.75) is 19.9 Å². The average molecular weight is 290 g/mol. The highest BCUT2D eigenvalue weighted by molar-refractivity contribution is 5.47. The monoisotopic (exact) mass is 290 g/mol. The first-order valence-corrected chi connectivity index (χ1v) is 6.37. The van der Waals surface area contributed by atoms with Crippen molar-refractivity contribution in [2.75, 3.05) is 0 Å². The SMILES string of the molecule is Cc1ccc([N+](=O)[O-])cc1Oc1c(F)cccc1C(C)N. The zero-order chi connectivity index (χ0) is 15.6. The van der Waals surface area contributed by atoms with Crippen LogP contribution < -0.4 is 10.5 Å². The molecule has 110 valence electrons. The van der Waals surface area contributed by atoms with Gasteiger partial charge >= 0.3 is 0 Å². The summed E-state index contributed by atoms with van der Waals surface area (Å²) < 4.78 is 19.5. The second-order valence-corrected chi connectivity index (χ2v) is 4.76. The highest BCUT2D eigenvalue weighted by atomic mass is 19.1. The summed E-state index contributed by atoms with van der Waals surface area (Å²) in [6.07, 6.45) is 0. The summed E-state index contributed by atoms with van der Waals surface area (Å²) in [5.41, 5.74) is 6.85. The predicted octanol–water partition coefficient (Wildman–Crippen LogP) is 3.85. The van der Waals surface area contributed by atoms with Crippen LogP contribution in [0.5, 0.6) is 11.5 Å². The molecular formula is C15H15FN2O3. The standard InChI is InChI=1S/C15H15FN2O3/c1-9-6-7-11(18(19)20)8-14(9)21-15-12(10(2)17)4-3-5-13(15)16/h3-8,10H,17H2,1-2H3. The highest BCUT2D eigenvalue weighted by Gasteiger charge is 2.17. The number of hydrogen-bond acceptors (Lipinski definition) is 4. The molecule has 1 atom stereocenters. The summed E-state index contributed by atoms with van der Waals surface area (Å²) in [6, 6.07) is 8.24. The van der Waals surface area contributed by atoms with E-state index in [0.717, 1.165) is 0 Å².